The van der Waals surface area contributed by atoms with Gasteiger partial charge in [0.2, 0.25) is 5.91 Å². The predicted molar refractivity (Wildman–Crippen MR) is 136 cm³/mol. The van der Waals surface area contributed by atoms with Crippen molar-refractivity contribution in [2.75, 3.05) is 13.7 Å². The molecule has 192 valence electrons. The first-order chi connectivity index (χ1) is 17.9. The van der Waals surface area contributed by atoms with Crippen LogP contribution in [-0.4, -0.2) is 42.5 Å². The molecule has 37 heavy (non-hydrogen) atoms. The highest BCUT2D eigenvalue weighted by atomic mass is 16.5. The van der Waals surface area contributed by atoms with Crippen molar-refractivity contribution in [1.29, 1.82) is 0 Å². The number of carbonyl (C=O) groups excluding carboxylic acids is 3. The number of aromatic hydroxyl groups is 1. The van der Waals surface area contributed by atoms with E-state index in [9.17, 15) is 19.5 Å². The molecule has 2 aromatic rings. The van der Waals surface area contributed by atoms with Crippen molar-refractivity contribution in [2.45, 2.75) is 50.5 Å². The van der Waals surface area contributed by atoms with Crippen molar-refractivity contribution in [3.05, 3.63) is 82.2 Å². The summed E-state index contributed by atoms with van der Waals surface area (Å²) in [6, 6.07) is 14.3. The molecule has 0 radical (unpaired) electrons. The van der Waals surface area contributed by atoms with Crippen LogP contribution in [0, 0.1) is 0 Å². The first-order valence-electron chi connectivity index (χ1n) is 12.5. The molecule has 3 atom stereocenters. The highest BCUT2D eigenvalue weighted by Gasteiger charge is 2.42. The zero-order valence-electron chi connectivity index (χ0n) is 20.9. The molecule has 1 aliphatic carbocycles. The largest absolute Gasteiger partial charge is 0.508 e. The van der Waals surface area contributed by atoms with Gasteiger partial charge in [-0.1, -0.05) is 30.3 Å². The van der Waals surface area contributed by atoms with Gasteiger partial charge in [-0.2, -0.15) is 0 Å². The van der Waals surface area contributed by atoms with Gasteiger partial charge in [0, 0.05) is 41.6 Å². The fraction of sp³-hybridized carbons (Fsp3) is 0.345. The number of nitrogens with one attached hydrogen (secondary N) is 2. The summed E-state index contributed by atoms with van der Waals surface area (Å²) in [5.74, 6) is -0.639. The molecule has 1 saturated heterocycles. The number of benzene rings is 2. The van der Waals surface area contributed by atoms with Crippen molar-refractivity contribution >= 4 is 17.7 Å². The van der Waals surface area contributed by atoms with Crippen LogP contribution in [0.3, 0.4) is 0 Å². The van der Waals surface area contributed by atoms with E-state index in [0.29, 0.717) is 41.7 Å². The van der Waals surface area contributed by atoms with Gasteiger partial charge in [0.05, 0.1) is 19.2 Å². The van der Waals surface area contributed by atoms with Gasteiger partial charge in [-0.25, -0.2) is 4.79 Å². The fourth-order valence-electron chi connectivity index (χ4n) is 5.60. The second kappa shape index (κ2) is 10.1. The third-order valence-corrected chi connectivity index (χ3v) is 7.32. The van der Waals surface area contributed by atoms with E-state index in [-0.39, 0.29) is 36.3 Å². The van der Waals surface area contributed by atoms with Crippen LogP contribution in [0.5, 0.6) is 11.5 Å². The average Bonchev–Trinajstić information content (AvgIpc) is 2.89. The van der Waals surface area contributed by atoms with Crippen LogP contribution >= 0.6 is 0 Å². The lowest BCUT2D eigenvalue weighted by atomic mass is 9.71. The Morgan fingerprint density at radius 2 is 1.89 bits per heavy atom. The normalized spacial score (nSPS) is 23.7. The van der Waals surface area contributed by atoms with Crippen molar-refractivity contribution in [1.82, 2.24) is 10.6 Å². The minimum absolute atomic E-state index is 0.0497. The number of hydrogen-bond donors (Lipinski definition) is 3. The Balaban J connectivity index is 1.52. The number of dihydropyridines is 1. The zero-order chi connectivity index (χ0) is 26.1. The van der Waals surface area contributed by atoms with Gasteiger partial charge < -0.3 is 25.2 Å². The summed E-state index contributed by atoms with van der Waals surface area (Å²) < 4.78 is 11.4. The minimum Gasteiger partial charge on any atom is -0.508 e. The molecule has 3 aliphatic rings. The summed E-state index contributed by atoms with van der Waals surface area (Å²) in [5, 5.41) is 16.3. The van der Waals surface area contributed by atoms with Gasteiger partial charge in [-0.05, 0) is 49.1 Å². The number of ketones is 1. The number of para-hydroxylation sites is 1. The fourth-order valence-corrected chi connectivity index (χ4v) is 5.60. The summed E-state index contributed by atoms with van der Waals surface area (Å²) in [7, 11) is 1.62. The van der Waals surface area contributed by atoms with Crippen LogP contribution < -0.4 is 15.4 Å². The summed E-state index contributed by atoms with van der Waals surface area (Å²) >= 11 is 0. The first-order valence-corrected chi connectivity index (χ1v) is 12.5. The Kier molecular flexibility index (Phi) is 6.74. The number of phenols is 1. The van der Waals surface area contributed by atoms with Gasteiger partial charge >= 0.3 is 5.97 Å². The lowest BCUT2D eigenvalue weighted by Gasteiger charge is -2.37. The Labute approximate surface area is 215 Å². The summed E-state index contributed by atoms with van der Waals surface area (Å²) in [6.07, 6.45) is 1.14. The van der Waals surface area contributed by atoms with Crippen molar-refractivity contribution in [3.8, 4) is 11.5 Å². The summed E-state index contributed by atoms with van der Waals surface area (Å²) in [5.41, 5.74) is 3.83. The number of rotatable bonds is 5. The Bertz CT molecular complexity index is 1320. The van der Waals surface area contributed by atoms with Crippen LogP contribution in [0.25, 0.3) is 0 Å². The van der Waals surface area contributed by atoms with E-state index in [1.807, 2.05) is 24.3 Å². The molecule has 8 heteroatoms. The predicted octanol–water partition coefficient (Wildman–Crippen LogP) is 3.58. The van der Waals surface area contributed by atoms with Crippen LogP contribution in [0.15, 0.2) is 71.1 Å². The van der Waals surface area contributed by atoms with Gasteiger partial charge in [0.1, 0.15) is 17.6 Å². The van der Waals surface area contributed by atoms with E-state index in [0.717, 1.165) is 17.0 Å². The molecule has 8 nitrogen and oxygen atoms in total. The number of phenolic OH excluding ortho intramolecular Hbond substituents is 1. The van der Waals surface area contributed by atoms with E-state index in [1.165, 1.54) is 0 Å². The van der Waals surface area contributed by atoms with Crippen LogP contribution in [-0.2, 0) is 19.1 Å². The molecular weight excluding hydrogens is 472 g/mol. The number of piperidine rings is 1. The molecule has 2 heterocycles. The molecule has 3 N–H and O–H groups in total. The van der Waals surface area contributed by atoms with Gasteiger partial charge in [0.15, 0.2) is 5.78 Å². The molecule has 2 aromatic carbocycles. The number of Topliss-reactive ketones (excluding diaryl/α,β-unsaturated/α-hetero) is 1. The van der Waals surface area contributed by atoms with Crippen molar-refractivity contribution in [3.63, 3.8) is 0 Å². The van der Waals surface area contributed by atoms with E-state index in [2.05, 4.69) is 10.6 Å². The van der Waals surface area contributed by atoms with Gasteiger partial charge in [0.25, 0.3) is 0 Å². The lowest BCUT2D eigenvalue weighted by molar-refractivity contribution is -0.147. The van der Waals surface area contributed by atoms with E-state index in [1.54, 1.807) is 38.3 Å². The molecule has 0 bridgehead atoms. The van der Waals surface area contributed by atoms with E-state index >= 15 is 0 Å². The SMILES string of the molecule is COc1ccccc1C1CC(=O)C2=C(C1)NC(C)=C(C(=O)OC1CCC(=O)NC1)C2c1cccc(O)c1. The maximum absolute atomic E-state index is 13.8. The molecular formula is C29H30N2O6. The van der Waals surface area contributed by atoms with Crippen LogP contribution in [0.4, 0.5) is 0 Å². The molecule has 0 spiro atoms. The topological polar surface area (TPSA) is 114 Å². The highest BCUT2D eigenvalue weighted by molar-refractivity contribution is 6.04. The van der Waals surface area contributed by atoms with Gasteiger partial charge in [-0.3, -0.25) is 9.59 Å². The lowest BCUT2D eigenvalue weighted by Crippen LogP contribution is -2.42. The van der Waals surface area contributed by atoms with Crippen molar-refractivity contribution < 1.29 is 29.0 Å². The maximum Gasteiger partial charge on any atom is 0.337 e. The Morgan fingerprint density at radius 1 is 1.08 bits per heavy atom. The molecule has 0 saturated carbocycles. The number of allylic oxidation sites excluding steroid dienone is 3. The van der Waals surface area contributed by atoms with Crippen LogP contribution in [0.1, 0.15) is 55.6 Å². The Hall–Kier alpha value is -4.07. The van der Waals surface area contributed by atoms with E-state index < -0.39 is 18.0 Å². The van der Waals surface area contributed by atoms with Crippen molar-refractivity contribution in [2.24, 2.45) is 0 Å². The molecule has 2 aliphatic heterocycles. The number of methoxy groups -OCH3 is 1. The maximum atomic E-state index is 13.8. The summed E-state index contributed by atoms with van der Waals surface area (Å²) in [6.45, 7) is 2.06. The minimum atomic E-state index is -0.680. The number of ether oxygens (including phenoxy) is 2. The molecule has 0 aromatic heterocycles. The molecule has 3 unspecified atom stereocenters. The monoisotopic (exact) mass is 502 g/mol. The quantitative estimate of drug-likeness (QED) is 0.536. The molecule has 1 fully saturated rings. The Morgan fingerprint density at radius 3 is 2.62 bits per heavy atom. The highest BCUT2D eigenvalue weighted by Crippen LogP contribution is 2.47. The average molecular weight is 503 g/mol. The molecule has 1 amide bonds. The third kappa shape index (κ3) is 4.83. The first kappa shape index (κ1) is 24.6. The van der Waals surface area contributed by atoms with Crippen LogP contribution in [0.2, 0.25) is 0 Å². The van der Waals surface area contributed by atoms with E-state index in [4.69, 9.17) is 9.47 Å². The standard InChI is InChI=1S/C29H30N2O6/c1-16-26(29(35)37-20-10-11-25(34)30-15-20)27(17-6-5-7-19(32)12-17)28-22(31-16)13-18(14-23(28)33)21-8-3-4-9-24(21)36-2/h3-9,12,18,20,27,31-32H,10-11,13-15H2,1-2H3,(H,30,34). The molecule has 5 rings (SSSR count). The third-order valence-electron chi connectivity index (χ3n) is 7.32. The zero-order valence-corrected chi connectivity index (χ0v) is 20.9. The van der Waals surface area contributed by atoms with Gasteiger partial charge in [-0.15, -0.1) is 0 Å². The second-order valence-corrected chi connectivity index (χ2v) is 9.72. The smallest absolute Gasteiger partial charge is 0.337 e. The number of carbonyl (C=O) groups is 3. The second-order valence-electron chi connectivity index (χ2n) is 9.72. The summed E-state index contributed by atoms with van der Waals surface area (Å²) in [4.78, 5) is 38.8. The number of esters is 1. The number of amides is 1. The number of hydrogen-bond acceptors (Lipinski definition) is 7.